The van der Waals surface area contributed by atoms with Crippen molar-refractivity contribution in [2.75, 3.05) is 13.6 Å². The van der Waals surface area contributed by atoms with E-state index in [1.165, 1.54) is 7.05 Å². The molecular weight excluding hydrogens is 260 g/mol. The van der Waals surface area contributed by atoms with Crippen molar-refractivity contribution in [2.24, 2.45) is 0 Å². The van der Waals surface area contributed by atoms with E-state index in [0.717, 1.165) is 22.6 Å². The Hall–Kier alpha value is -2.05. The minimum atomic E-state index is -3.76. The number of aromatic nitrogens is 1. The zero-order chi connectivity index (χ0) is 13.8. The third-order valence-electron chi connectivity index (χ3n) is 2.15. The number of sulfonamides is 1. The first-order valence-corrected chi connectivity index (χ1v) is 6.27. The maximum atomic E-state index is 11.9. The summed E-state index contributed by atoms with van der Waals surface area (Å²) in [5, 5.41) is 18.8. The second kappa shape index (κ2) is 5.52. The third kappa shape index (κ3) is 2.99. The Labute approximate surface area is 104 Å². The first-order valence-electron chi connectivity index (χ1n) is 4.83. The Bertz CT molecular complexity index is 576. The lowest BCUT2D eigenvalue weighted by Gasteiger charge is -2.14. The van der Waals surface area contributed by atoms with Crippen molar-refractivity contribution in [3.05, 3.63) is 28.4 Å². The molecule has 0 aliphatic carbocycles. The molecule has 0 saturated carbocycles. The number of hydrogen-bond acceptors (Lipinski definition) is 6. The van der Waals surface area contributed by atoms with E-state index < -0.39 is 20.8 Å². The molecule has 1 heterocycles. The Kier molecular flexibility index (Phi) is 4.30. The number of pyridine rings is 1. The molecule has 1 rings (SSSR count). The summed E-state index contributed by atoms with van der Waals surface area (Å²) in [7, 11) is -2.43. The van der Waals surface area contributed by atoms with Crippen molar-refractivity contribution < 1.29 is 13.3 Å². The van der Waals surface area contributed by atoms with Crippen LogP contribution in [0.15, 0.2) is 23.2 Å². The molecule has 1 aromatic heterocycles. The van der Waals surface area contributed by atoms with Gasteiger partial charge in [-0.25, -0.2) is 8.42 Å². The molecule has 0 unspecified atom stereocenters. The normalized spacial score (nSPS) is 11.2. The molecular formula is C9H10N4O4S. The van der Waals surface area contributed by atoms with Crippen molar-refractivity contribution in [1.82, 2.24) is 9.29 Å². The van der Waals surface area contributed by atoms with Crippen LogP contribution in [0.5, 0.6) is 0 Å². The van der Waals surface area contributed by atoms with Crippen molar-refractivity contribution in [3.63, 3.8) is 0 Å². The standard InChI is InChI=1S/C9H10N4O4S/c1-12(6-2-5-10)18(16,17)8-3-4-9(11-7-8)13(14)15/h3-4,7H,2,6H2,1H3. The Morgan fingerprint density at radius 2 is 2.22 bits per heavy atom. The SMILES string of the molecule is CN(CCC#N)S(=O)(=O)c1ccc([N+](=O)[O-])nc1. The van der Waals surface area contributed by atoms with Gasteiger partial charge in [0, 0.05) is 26.1 Å². The van der Waals surface area contributed by atoms with Crippen LogP contribution >= 0.6 is 0 Å². The maximum Gasteiger partial charge on any atom is 0.363 e. The number of nitriles is 1. The largest absolute Gasteiger partial charge is 0.363 e. The first kappa shape index (κ1) is 14.0. The van der Waals surface area contributed by atoms with Crippen LogP contribution < -0.4 is 0 Å². The van der Waals surface area contributed by atoms with E-state index in [0.29, 0.717) is 0 Å². The minimum absolute atomic E-state index is 0.0514. The van der Waals surface area contributed by atoms with Gasteiger partial charge < -0.3 is 10.1 Å². The second-order valence-electron chi connectivity index (χ2n) is 3.34. The predicted molar refractivity (Wildman–Crippen MR) is 60.9 cm³/mol. The summed E-state index contributed by atoms with van der Waals surface area (Å²) in [6, 6.07) is 3.97. The molecule has 0 N–H and O–H groups in total. The van der Waals surface area contributed by atoms with Gasteiger partial charge in [-0.05, 0) is 16.0 Å². The smallest absolute Gasteiger partial charge is 0.358 e. The van der Waals surface area contributed by atoms with Gasteiger partial charge in [-0.15, -0.1) is 0 Å². The van der Waals surface area contributed by atoms with Crippen molar-refractivity contribution in [3.8, 4) is 6.07 Å². The van der Waals surface area contributed by atoms with Gasteiger partial charge in [-0.1, -0.05) is 0 Å². The summed E-state index contributed by atoms with van der Waals surface area (Å²) in [6.07, 6.45) is 0.993. The highest BCUT2D eigenvalue weighted by Crippen LogP contribution is 2.16. The summed E-state index contributed by atoms with van der Waals surface area (Å²) in [5.41, 5.74) is 0. The van der Waals surface area contributed by atoms with Crippen LogP contribution in [0.3, 0.4) is 0 Å². The summed E-state index contributed by atoms with van der Waals surface area (Å²) in [4.78, 5) is 13.0. The highest BCUT2D eigenvalue weighted by Gasteiger charge is 2.22. The number of rotatable bonds is 5. The van der Waals surface area contributed by atoms with Gasteiger partial charge in [0.2, 0.25) is 10.0 Å². The van der Waals surface area contributed by atoms with Gasteiger partial charge in [0.1, 0.15) is 4.90 Å². The van der Waals surface area contributed by atoms with Gasteiger partial charge in [0.25, 0.3) is 0 Å². The fraction of sp³-hybridized carbons (Fsp3) is 0.333. The Morgan fingerprint density at radius 3 is 2.67 bits per heavy atom. The number of nitro groups is 1. The maximum absolute atomic E-state index is 11.9. The quantitative estimate of drug-likeness (QED) is 0.568. The van der Waals surface area contributed by atoms with Crippen LogP contribution in [0.2, 0.25) is 0 Å². The molecule has 8 nitrogen and oxygen atoms in total. The molecule has 96 valence electrons. The fourth-order valence-electron chi connectivity index (χ4n) is 1.14. The van der Waals surface area contributed by atoms with E-state index in [2.05, 4.69) is 4.98 Å². The summed E-state index contributed by atoms with van der Waals surface area (Å²) < 4.78 is 24.9. The van der Waals surface area contributed by atoms with Gasteiger partial charge in [0.05, 0.1) is 6.07 Å². The van der Waals surface area contributed by atoms with E-state index in [9.17, 15) is 18.5 Å². The average molecular weight is 270 g/mol. The van der Waals surface area contributed by atoms with Gasteiger partial charge in [0.15, 0.2) is 6.20 Å². The topological polar surface area (TPSA) is 117 Å². The van der Waals surface area contributed by atoms with Gasteiger partial charge in [-0.3, -0.25) is 0 Å². The van der Waals surface area contributed by atoms with Crippen LogP contribution in [-0.4, -0.2) is 36.2 Å². The fourth-order valence-corrected chi connectivity index (χ4v) is 2.26. The zero-order valence-corrected chi connectivity index (χ0v) is 10.3. The molecule has 0 aliphatic heterocycles. The monoisotopic (exact) mass is 270 g/mol. The van der Waals surface area contributed by atoms with Crippen molar-refractivity contribution >= 4 is 15.8 Å². The van der Waals surface area contributed by atoms with Crippen molar-refractivity contribution in [2.45, 2.75) is 11.3 Å². The summed E-state index contributed by atoms with van der Waals surface area (Å²) >= 11 is 0. The number of hydrogen-bond donors (Lipinski definition) is 0. The lowest BCUT2D eigenvalue weighted by Crippen LogP contribution is -2.27. The highest BCUT2D eigenvalue weighted by molar-refractivity contribution is 7.89. The minimum Gasteiger partial charge on any atom is -0.358 e. The van der Waals surface area contributed by atoms with Crippen LogP contribution in [0.1, 0.15) is 6.42 Å². The van der Waals surface area contributed by atoms with Crippen LogP contribution in [0.4, 0.5) is 5.82 Å². The molecule has 0 radical (unpaired) electrons. The second-order valence-corrected chi connectivity index (χ2v) is 5.39. The molecule has 18 heavy (non-hydrogen) atoms. The molecule has 9 heteroatoms. The Balaban J connectivity index is 2.99. The van der Waals surface area contributed by atoms with E-state index in [4.69, 9.17) is 5.26 Å². The van der Waals surface area contributed by atoms with E-state index in [-0.39, 0.29) is 17.9 Å². The highest BCUT2D eigenvalue weighted by atomic mass is 32.2. The van der Waals surface area contributed by atoms with Crippen LogP contribution in [0.25, 0.3) is 0 Å². The van der Waals surface area contributed by atoms with E-state index >= 15 is 0 Å². The lowest BCUT2D eigenvalue weighted by molar-refractivity contribution is -0.389. The number of nitrogens with zero attached hydrogens (tertiary/aromatic N) is 4. The average Bonchev–Trinajstić information content (AvgIpc) is 2.35. The lowest BCUT2D eigenvalue weighted by atomic mass is 10.5. The molecule has 0 aliphatic rings. The van der Waals surface area contributed by atoms with Gasteiger partial charge in [-0.2, -0.15) is 9.57 Å². The molecule has 0 saturated heterocycles. The third-order valence-corrected chi connectivity index (χ3v) is 3.99. The molecule has 0 fully saturated rings. The molecule has 0 atom stereocenters. The van der Waals surface area contributed by atoms with Crippen LogP contribution in [-0.2, 0) is 10.0 Å². The molecule has 0 bridgehead atoms. The summed E-state index contributed by atoms with van der Waals surface area (Å²) in [6.45, 7) is 0.0514. The predicted octanol–water partition coefficient (Wildman–Crippen LogP) is 0.524. The van der Waals surface area contributed by atoms with Crippen molar-refractivity contribution in [1.29, 1.82) is 5.26 Å². The van der Waals surface area contributed by atoms with Crippen LogP contribution in [0, 0.1) is 21.4 Å². The summed E-state index contributed by atoms with van der Waals surface area (Å²) in [5.74, 6) is -0.423. The molecule has 0 aromatic carbocycles. The first-order chi connectivity index (χ1) is 8.39. The Morgan fingerprint density at radius 1 is 1.56 bits per heavy atom. The van der Waals surface area contributed by atoms with Gasteiger partial charge >= 0.3 is 5.82 Å². The van der Waals surface area contributed by atoms with E-state index in [1.54, 1.807) is 0 Å². The molecule has 0 spiro atoms. The zero-order valence-electron chi connectivity index (χ0n) is 9.48. The molecule has 1 aromatic rings. The molecule has 0 amide bonds. The van der Waals surface area contributed by atoms with E-state index in [1.807, 2.05) is 6.07 Å².